The maximum atomic E-state index is 9.17. The van der Waals surface area contributed by atoms with Crippen LogP contribution >= 0.6 is 43.8 Å². The fourth-order valence-electron chi connectivity index (χ4n) is 6.35. The molecule has 1 aromatic carbocycles. The van der Waals surface area contributed by atoms with E-state index in [1.54, 1.807) is 27.3 Å². The quantitative estimate of drug-likeness (QED) is 0.0324. The normalized spacial score (nSPS) is 15.5. The van der Waals surface area contributed by atoms with Gasteiger partial charge in [0.2, 0.25) is 5.28 Å². The second-order valence-electron chi connectivity index (χ2n) is 14.3. The smallest absolute Gasteiger partial charge is 0.226 e. The van der Waals surface area contributed by atoms with E-state index < -0.39 is 0 Å². The molecule has 3 unspecified atom stereocenters. The average molecular weight is 962 g/mol. The van der Waals surface area contributed by atoms with Gasteiger partial charge in [-0.25, -0.2) is 9.36 Å². The number of anilines is 1. The topological polar surface area (TPSA) is 181 Å². The number of nitrogens with zero attached hydrogens (tertiary/aromatic N) is 8. The summed E-state index contributed by atoms with van der Waals surface area (Å²) < 4.78 is 55.0. The van der Waals surface area contributed by atoms with E-state index >= 15 is 0 Å². The van der Waals surface area contributed by atoms with Gasteiger partial charge < -0.3 is 52.4 Å². The Balaban J connectivity index is 0.906. The van der Waals surface area contributed by atoms with E-state index in [0.717, 1.165) is 54.7 Å². The van der Waals surface area contributed by atoms with Gasteiger partial charge in [-0.15, -0.1) is 5.10 Å². The Bertz CT molecular complexity index is 1820. The van der Waals surface area contributed by atoms with E-state index in [0.29, 0.717) is 141 Å². The predicted octanol–water partition coefficient (Wildman–Crippen LogP) is 5.82. The first-order valence-corrected chi connectivity index (χ1v) is 24.6. The van der Waals surface area contributed by atoms with Gasteiger partial charge in [0.05, 0.1) is 130 Å². The zero-order valence-electron chi connectivity index (χ0n) is 36.2. The lowest BCUT2D eigenvalue weighted by Crippen LogP contribution is -2.29. The van der Waals surface area contributed by atoms with Crippen LogP contribution in [0.5, 0.6) is 0 Å². The molecule has 63 heavy (non-hydrogen) atoms. The Labute approximate surface area is 386 Å². The molecule has 0 aliphatic carbocycles. The van der Waals surface area contributed by atoms with Crippen LogP contribution in [0.2, 0.25) is 10.3 Å². The van der Waals surface area contributed by atoms with Gasteiger partial charge in [0.1, 0.15) is 11.5 Å². The highest BCUT2D eigenvalue weighted by atomic mass is 35.5. The van der Waals surface area contributed by atoms with Gasteiger partial charge in [-0.05, 0) is 42.5 Å². The van der Waals surface area contributed by atoms with Crippen molar-refractivity contribution in [2.24, 2.45) is 0 Å². The molecule has 1 fully saturated rings. The highest BCUT2D eigenvalue weighted by Crippen LogP contribution is 2.35. The van der Waals surface area contributed by atoms with Crippen molar-refractivity contribution in [1.29, 1.82) is 0 Å². The van der Waals surface area contributed by atoms with E-state index in [1.807, 2.05) is 30.5 Å². The summed E-state index contributed by atoms with van der Waals surface area (Å²) in [7, 11) is -0.0710. The summed E-state index contributed by atoms with van der Waals surface area (Å²) in [5.41, 5.74) is 2.99. The van der Waals surface area contributed by atoms with Crippen LogP contribution in [0.4, 0.5) is 5.82 Å². The van der Waals surface area contributed by atoms with E-state index in [-0.39, 0.29) is 26.4 Å². The molecule has 0 bridgehead atoms. The number of aromatic nitrogens is 7. The number of thioether (sulfide) groups is 1. The monoisotopic (exact) mass is 960 g/mol. The number of halogens is 2. The van der Waals surface area contributed by atoms with Gasteiger partial charge in [-0.1, -0.05) is 48.4 Å². The van der Waals surface area contributed by atoms with Crippen LogP contribution in [0.25, 0.3) is 11.0 Å². The van der Waals surface area contributed by atoms with Crippen LogP contribution in [-0.4, -0.2) is 163 Å². The number of hydrogen-bond acceptors (Lipinski definition) is 17. The molecule has 352 valence electrons. The molecular formula is C41H63Cl2N8O10PS. The molecule has 0 radical (unpaired) electrons. The molecule has 0 spiro atoms. The Hall–Kier alpha value is -2.33. The molecule has 3 aromatic heterocycles. The van der Waals surface area contributed by atoms with Crippen molar-refractivity contribution in [3.05, 3.63) is 58.2 Å². The lowest BCUT2D eigenvalue weighted by molar-refractivity contribution is -0.00384. The van der Waals surface area contributed by atoms with Crippen molar-refractivity contribution < 1.29 is 47.5 Å². The van der Waals surface area contributed by atoms with Gasteiger partial charge in [0.25, 0.3) is 0 Å². The maximum Gasteiger partial charge on any atom is 0.226 e. The SMILES string of the molecule is CCCCOCCOCCOCCOCCn1cc(COCCOCCOCCOCCN(Cc2ccccc2Cl)c2nc(Cl)nc3c2cnn3C2CCC(CSCPO)O2)nn1. The minimum Gasteiger partial charge on any atom is -0.379 e. The van der Waals surface area contributed by atoms with Crippen molar-refractivity contribution in [2.75, 3.05) is 122 Å². The average Bonchev–Trinajstić information content (AvgIpc) is 4.06. The highest BCUT2D eigenvalue weighted by Gasteiger charge is 2.30. The van der Waals surface area contributed by atoms with Crippen LogP contribution in [0, 0.1) is 0 Å². The molecule has 4 aromatic rings. The summed E-state index contributed by atoms with van der Waals surface area (Å²) in [4.78, 5) is 20.5. The van der Waals surface area contributed by atoms with Crippen LogP contribution < -0.4 is 4.90 Å². The highest BCUT2D eigenvalue weighted by molar-refractivity contribution is 8.03. The molecule has 4 heterocycles. The molecule has 0 amide bonds. The largest absolute Gasteiger partial charge is 0.379 e. The summed E-state index contributed by atoms with van der Waals surface area (Å²) in [5.74, 6) is 1.46. The number of benzene rings is 1. The van der Waals surface area contributed by atoms with Gasteiger partial charge >= 0.3 is 0 Å². The Kier molecular flexibility index (Phi) is 25.9. The van der Waals surface area contributed by atoms with Crippen molar-refractivity contribution in [3.8, 4) is 0 Å². The molecule has 1 aliphatic heterocycles. The summed E-state index contributed by atoms with van der Waals surface area (Å²) in [6, 6.07) is 7.71. The second-order valence-corrected chi connectivity index (χ2v) is 17.2. The van der Waals surface area contributed by atoms with Gasteiger partial charge in [-0.2, -0.15) is 26.8 Å². The first-order valence-electron chi connectivity index (χ1n) is 21.6. The minimum absolute atomic E-state index is 0.0710. The molecule has 18 nitrogen and oxygen atoms in total. The van der Waals surface area contributed by atoms with Gasteiger partial charge in [0, 0.05) is 44.8 Å². The number of hydrogen-bond donors (Lipinski definition) is 1. The maximum absolute atomic E-state index is 9.17. The molecule has 0 saturated carbocycles. The fraction of sp³-hybridized carbons (Fsp3) is 0.683. The van der Waals surface area contributed by atoms with E-state index in [9.17, 15) is 4.89 Å². The summed E-state index contributed by atoms with van der Waals surface area (Å²) >= 11 is 14.8. The zero-order valence-corrected chi connectivity index (χ0v) is 39.5. The Morgan fingerprint density at radius 2 is 1.48 bits per heavy atom. The van der Waals surface area contributed by atoms with E-state index in [4.69, 9.17) is 65.8 Å². The number of rotatable bonds is 37. The standard InChI is InChI=1S/C41H63Cl2N8O10PS/c1-2-3-12-53-15-18-56-21-22-58-20-17-55-14-11-50-29-34(47-48-50)30-60-26-25-59-24-23-57-19-16-54-13-10-49(28-33-6-4-5-7-37(33)42)39-36-27-44-51(40(36)46-41(43)45-39)38-9-8-35(61-38)31-63-32-62-52/h4-7,27,29,35,38,52,62H,2-3,8-26,28,30-32H2,1H3. The third-order valence-corrected chi connectivity index (χ3v) is 12.0. The molecular weight excluding hydrogens is 898 g/mol. The van der Waals surface area contributed by atoms with E-state index in [2.05, 4.69) is 37.2 Å². The molecule has 3 atom stereocenters. The van der Waals surface area contributed by atoms with Crippen molar-refractivity contribution >= 4 is 60.6 Å². The van der Waals surface area contributed by atoms with E-state index in [1.165, 1.54) is 0 Å². The lowest BCUT2D eigenvalue weighted by atomic mass is 10.2. The third-order valence-electron chi connectivity index (χ3n) is 9.53. The predicted molar refractivity (Wildman–Crippen MR) is 244 cm³/mol. The van der Waals surface area contributed by atoms with Crippen LogP contribution in [0.15, 0.2) is 36.7 Å². The zero-order chi connectivity index (χ0) is 44.2. The minimum atomic E-state index is -0.264. The first-order chi connectivity index (χ1) is 31.1. The molecule has 1 saturated heterocycles. The third kappa shape index (κ3) is 19.6. The summed E-state index contributed by atoms with van der Waals surface area (Å²) in [6.07, 6.45) is 7.35. The lowest BCUT2D eigenvalue weighted by Gasteiger charge is -2.25. The molecule has 1 aliphatic rings. The fourth-order valence-corrected chi connectivity index (χ4v) is 8.05. The Morgan fingerprint density at radius 1 is 0.825 bits per heavy atom. The van der Waals surface area contributed by atoms with Gasteiger partial charge in [0.15, 0.2) is 11.9 Å². The van der Waals surface area contributed by atoms with Crippen LogP contribution in [-0.2, 0) is 62.3 Å². The summed E-state index contributed by atoms with van der Waals surface area (Å²) in [5, 5.41) is 14.5. The van der Waals surface area contributed by atoms with Crippen LogP contribution in [0.1, 0.15) is 50.1 Å². The van der Waals surface area contributed by atoms with Crippen molar-refractivity contribution in [2.45, 2.75) is 64.6 Å². The second kappa shape index (κ2) is 31.6. The van der Waals surface area contributed by atoms with Crippen molar-refractivity contribution in [1.82, 2.24) is 34.7 Å². The number of fused-ring (bicyclic) bond motifs is 1. The van der Waals surface area contributed by atoms with Gasteiger partial charge in [-0.3, -0.25) is 0 Å². The Morgan fingerprint density at radius 3 is 2.16 bits per heavy atom. The molecule has 1 N–H and O–H groups in total. The van der Waals surface area contributed by atoms with Crippen LogP contribution in [0.3, 0.4) is 0 Å². The molecule has 22 heteroatoms. The number of unbranched alkanes of at least 4 members (excludes halogenated alkanes) is 1. The number of ether oxygens (including phenoxy) is 9. The first kappa shape index (κ1) is 51.7. The van der Waals surface area contributed by atoms with Crippen molar-refractivity contribution in [3.63, 3.8) is 0 Å². The summed E-state index contributed by atoms with van der Waals surface area (Å²) in [6.45, 7) is 11.6. The molecule has 5 rings (SSSR count).